The lowest BCUT2D eigenvalue weighted by atomic mass is 10.2. The maximum Gasteiger partial charge on any atom is 0.0969 e. The van der Waals surface area contributed by atoms with Crippen molar-refractivity contribution in [3.8, 4) is 0 Å². The Morgan fingerprint density at radius 2 is 2.50 bits per heavy atom. The summed E-state index contributed by atoms with van der Waals surface area (Å²) in [4.78, 5) is 4.12. The Morgan fingerprint density at radius 3 is 3.25 bits per heavy atom. The van der Waals surface area contributed by atoms with E-state index < -0.39 is 0 Å². The average molecular weight is 285 g/mol. The third kappa shape index (κ3) is 5.66. The van der Waals surface area contributed by atoms with E-state index in [4.69, 9.17) is 0 Å². The summed E-state index contributed by atoms with van der Waals surface area (Å²) in [7, 11) is 0. The van der Waals surface area contributed by atoms with E-state index in [9.17, 15) is 4.39 Å². The molecule has 1 heterocycles. The van der Waals surface area contributed by atoms with E-state index in [1.807, 2.05) is 6.21 Å². The van der Waals surface area contributed by atoms with E-state index >= 15 is 0 Å². The zero-order valence-electron chi connectivity index (χ0n) is 9.08. The second-order valence-electron chi connectivity index (χ2n) is 3.33. The van der Waals surface area contributed by atoms with Crippen LogP contribution in [0.4, 0.5) is 4.39 Å². The molecular weight excluding hydrogens is 271 g/mol. The molecule has 0 bridgehead atoms. The van der Waals surface area contributed by atoms with Crippen molar-refractivity contribution in [1.82, 2.24) is 5.32 Å². The molecule has 0 unspecified atom stereocenters. The van der Waals surface area contributed by atoms with Crippen LogP contribution in [0.25, 0.3) is 0 Å². The van der Waals surface area contributed by atoms with Crippen molar-refractivity contribution < 1.29 is 4.39 Å². The highest BCUT2D eigenvalue weighted by Gasteiger charge is 1.96. The van der Waals surface area contributed by atoms with Crippen LogP contribution in [-0.4, -0.2) is 12.8 Å². The van der Waals surface area contributed by atoms with Gasteiger partial charge in [0.2, 0.25) is 0 Å². The molecule has 0 saturated carbocycles. The second-order valence-corrected chi connectivity index (χ2v) is 4.35. The van der Waals surface area contributed by atoms with Crippen LogP contribution < -0.4 is 5.32 Å². The van der Waals surface area contributed by atoms with Crippen molar-refractivity contribution in [2.45, 2.75) is 13.3 Å². The number of aliphatic imine (C=N–C) groups is 1. The molecule has 0 spiro atoms. The summed E-state index contributed by atoms with van der Waals surface area (Å²) in [6.07, 6.45) is 11.3. The number of hydrogen-bond donors (Lipinski definition) is 1. The first-order valence-electron chi connectivity index (χ1n) is 4.97. The minimum absolute atomic E-state index is 0.207. The Hall–Kier alpha value is -1.16. The van der Waals surface area contributed by atoms with Crippen LogP contribution in [0.2, 0.25) is 0 Å². The molecule has 0 atom stereocenters. The summed E-state index contributed by atoms with van der Waals surface area (Å²) in [5, 5.41) is 3.06. The number of nitrogens with one attached hydrogen (secondary N) is 1. The van der Waals surface area contributed by atoms with Crippen molar-refractivity contribution in [1.29, 1.82) is 0 Å². The van der Waals surface area contributed by atoms with E-state index in [2.05, 4.69) is 32.3 Å². The van der Waals surface area contributed by atoms with Gasteiger partial charge in [-0.3, -0.25) is 4.99 Å². The van der Waals surface area contributed by atoms with Gasteiger partial charge < -0.3 is 5.32 Å². The molecular formula is C12H14BrFN2. The topological polar surface area (TPSA) is 24.4 Å². The molecule has 1 aliphatic heterocycles. The number of allylic oxidation sites excluding steroid dienone is 5. The largest absolute Gasteiger partial charge is 0.387 e. The maximum atomic E-state index is 12.3. The van der Waals surface area contributed by atoms with Crippen LogP contribution in [-0.2, 0) is 0 Å². The molecule has 0 saturated heterocycles. The zero-order chi connectivity index (χ0) is 11.8. The Bertz CT molecular complexity index is 374. The molecule has 86 valence electrons. The molecule has 16 heavy (non-hydrogen) atoms. The first-order chi connectivity index (χ1) is 7.68. The summed E-state index contributed by atoms with van der Waals surface area (Å²) in [6, 6.07) is 0. The molecule has 4 heteroatoms. The van der Waals surface area contributed by atoms with Gasteiger partial charge >= 0.3 is 0 Å². The smallest absolute Gasteiger partial charge is 0.0969 e. The van der Waals surface area contributed by atoms with Crippen LogP contribution >= 0.6 is 15.9 Å². The van der Waals surface area contributed by atoms with Gasteiger partial charge in [-0.15, -0.1) is 0 Å². The van der Waals surface area contributed by atoms with Crippen molar-refractivity contribution >= 4 is 22.1 Å². The molecule has 1 rings (SSSR count). The van der Waals surface area contributed by atoms with Gasteiger partial charge in [-0.05, 0) is 37.3 Å². The highest BCUT2D eigenvalue weighted by atomic mass is 79.9. The molecule has 0 radical (unpaired) electrons. The molecule has 0 aromatic carbocycles. The van der Waals surface area contributed by atoms with Gasteiger partial charge in [-0.2, -0.15) is 0 Å². The van der Waals surface area contributed by atoms with Crippen LogP contribution in [0.5, 0.6) is 0 Å². The predicted octanol–water partition coefficient (Wildman–Crippen LogP) is 3.60. The van der Waals surface area contributed by atoms with Crippen molar-refractivity contribution in [3.05, 3.63) is 46.5 Å². The number of hydrogen-bond acceptors (Lipinski definition) is 2. The highest BCUT2D eigenvalue weighted by Crippen LogP contribution is 2.14. The van der Waals surface area contributed by atoms with Gasteiger partial charge in [-0.25, -0.2) is 4.39 Å². The molecule has 1 N–H and O–H groups in total. The lowest BCUT2D eigenvalue weighted by Crippen LogP contribution is -2.10. The average Bonchev–Trinajstić information content (AvgIpc) is 2.43. The third-order valence-corrected chi connectivity index (χ3v) is 2.39. The number of rotatable bonds is 4. The number of halogens is 2. The summed E-state index contributed by atoms with van der Waals surface area (Å²) < 4.78 is 13.4. The van der Waals surface area contributed by atoms with Gasteiger partial charge in [0.05, 0.1) is 5.83 Å². The predicted molar refractivity (Wildman–Crippen MR) is 70.2 cm³/mol. The Balaban J connectivity index is 2.34. The van der Waals surface area contributed by atoms with Crippen molar-refractivity contribution in [2.75, 3.05) is 6.54 Å². The van der Waals surface area contributed by atoms with Crippen LogP contribution in [0.1, 0.15) is 13.3 Å². The second kappa shape index (κ2) is 7.17. The third-order valence-electron chi connectivity index (χ3n) is 1.86. The lowest BCUT2D eigenvalue weighted by molar-refractivity contribution is 0.640. The van der Waals surface area contributed by atoms with Crippen LogP contribution in [0, 0.1) is 0 Å². The molecule has 0 fully saturated rings. The summed E-state index contributed by atoms with van der Waals surface area (Å²) in [5.41, 5.74) is 1.11. The van der Waals surface area contributed by atoms with E-state index in [1.165, 1.54) is 13.0 Å². The van der Waals surface area contributed by atoms with Gasteiger partial charge in [0.15, 0.2) is 0 Å². The quantitative estimate of drug-likeness (QED) is 0.784. The minimum atomic E-state index is -0.207. The normalized spacial score (nSPS) is 17.1. The van der Waals surface area contributed by atoms with Gasteiger partial charge in [-0.1, -0.05) is 22.0 Å². The number of nitrogens with zero attached hydrogens (tertiary/aromatic N) is 1. The standard InChI is InChI=1S/C12H14BrFN2/c1-10(14)3-2-6-15-7-11-4-5-12(13)9-16-8-11/h2-4,6,8-9,15H,5,7H2,1H3/b6-2+,10-3+. The maximum absolute atomic E-state index is 12.3. The summed E-state index contributed by atoms with van der Waals surface area (Å²) in [5.74, 6) is -0.207. The van der Waals surface area contributed by atoms with Gasteiger partial charge in [0.25, 0.3) is 0 Å². The fraction of sp³-hybridized carbons (Fsp3) is 0.250. The molecule has 0 amide bonds. The summed E-state index contributed by atoms with van der Waals surface area (Å²) >= 11 is 3.39. The first-order valence-corrected chi connectivity index (χ1v) is 5.77. The highest BCUT2D eigenvalue weighted by molar-refractivity contribution is 9.11. The molecule has 0 aromatic rings. The Labute approximate surface area is 103 Å². The fourth-order valence-corrected chi connectivity index (χ4v) is 1.37. The monoisotopic (exact) mass is 284 g/mol. The van der Waals surface area contributed by atoms with E-state index in [-0.39, 0.29) is 5.83 Å². The van der Waals surface area contributed by atoms with Crippen LogP contribution in [0.15, 0.2) is 51.5 Å². The SMILES string of the molecule is C/C(F)=C\C=C\NCC1=CCC(Br)=CN=C1. The van der Waals surface area contributed by atoms with Gasteiger partial charge in [0.1, 0.15) is 0 Å². The molecule has 1 aliphatic rings. The first kappa shape index (κ1) is 12.9. The van der Waals surface area contributed by atoms with Crippen molar-refractivity contribution in [3.63, 3.8) is 0 Å². The molecule has 2 nitrogen and oxygen atoms in total. The summed E-state index contributed by atoms with van der Waals surface area (Å²) in [6.45, 7) is 2.10. The van der Waals surface area contributed by atoms with E-state index in [0.717, 1.165) is 16.5 Å². The van der Waals surface area contributed by atoms with Crippen LogP contribution in [0.3, 0.4) is 0 Å². The van der Waals surface area contributed by atoms with Gasteiger partial charge in [0, 0.05) is 23.4 Å². The Morgan fingerprint density at radius 1 is 1.69 bits per heavy atom. The molecule has 0 aliphatic carbocycles. The Kier molecular flexibility index (Phi) is 5.78. The zero-order valence-corrected chi connectivity index (χ0v) is 10.7. The van der Waals surface area contributed by atoms with E-state index in [1.54, 1.807) is 18.5 Å². The van der Waals surface area contributed by atoms with E-state index in [0.29, 0.717) is 6.54 Å². The minimum Gasteiger partial charge on any atom is -0.387 e. The fourth-order valence-electron chi connectivity index (χ4n) is 1.09. The molecule has 0 aromatic heterocycles. The lowest BCUT2D eigenvalue weighted by Gasteiger charge is -2.00. The van der Waals surface area contributed by atoms with Crippen molar-refractivity contribution in [2.24, 2.45) is 4.99 Å².